The van der Waals surface area contributed by atoms with Crippen molar-refractivity contribution in [3.05, 3.63) is 0 Å². The molecule has 2 fully saturated rings. The van der Waals surface area contributed by atoms with Gasteiger partial charge in [0, 0.05) is 25.6 Å². The Morgan fingerprint density at radius 2 is 2.29 bits per heavy atom. The van der Waals surface area contributed by atoms with Crippen LogP contribution in [0.4, 0.5) is 0 Å². The molecule has 2 rings (SSSR count). The van der Waals surface area contributed by atoms with Crippen LogP contribution in [0.2, 0.25) is 0 Å². The number of carbonyl (C=O) groups is 2. The normalized spacial score (nSPS) is 28.2. The molecule has 2 N–H and O–H groups in total. The Morgan fingerprint density at radius 3 is 2.82 bits per heavy atom. The summed E-state index contributed by atoms with van der Waals surface area (Å²) in [5, 5.41) is 6.14. The molecule has 0 aromatic carbocycles. The molecule has 2 heterocycles. The van der Waals surface area contributed by atoms with Crippen LogP contribution in [-0.4, -0.2) is 48.4 Å². The van der Waals surface area contributed by atoms with Crippen LogP contribution in [0.15, 0.2) is 0 Å². The average Bonchev–Trinajstić information content (AvgIpc) is 2.96. The molecular formula is C12H21N3O2. The lowest BCUT2D eigenvalue weighted by Crippen LogP contribution is -2.48. The van der Waals surface area contributed by atoms with Gasteiger partial charge in [-0.1, -0.05) is 0 Å². The van der Waals surface area contributed by atoms with Gasteiger partial charge in [-0.15, -0.1) is 0 Å². The van der Waals surface area contributed by atoms with E-state index in [0.717, 1.165) is 19.5 Å². The lowest BCUT2D eigenvalue weighted by atomic mass is 10.1. The largest absolute Gasteiger partial charge is 0.344 e. The average molecular weight is 239 g/mol. The van der Waals surface area contributed by atoms with Crippen molar-refractivity contribution >= 4 is 11.8 Å². The molecule has 0 bridgehead atoms. The molecule has 2 atom stereocenters. The van der Waals surface area contributed by atoms with E-state index in [0.29, 0.717) is 25.4 Å². The molecule has 0 spiro atoms. The number of nitrogens with zero attached hydrogens (tertiary/aromatic N) is 1. The maximum atomic E-state index is 12.2. The van der Waals surface area contributed by atoms with Gasteiger partial charge in [0.15, 0.2) is 0 Å². The minimum absolute atomic E-state index is 0.00149. The predicted octanol–water partition coefficient (Wildman–Crippen LogP) is -0.134. The van der Waals surface area contributed by atoms with E-state index in [9.17, 15) is 9.59 Å². The molecule has 2 saturated heterocycles. The van der Waals surface area contributed by atoms with E-state index in [2.05, 4.69) is 10.6 Å². The van der Waals surface area contributed by atoms with Crippen LogP contribution in [0, 0.1) is 0 Å². The Balaban J connectivity index is 1.88. The van der Waals surface area contributed by atoms with Gasteiger partial charge in [-0.25, -0.2) is 0 Å². The fourth-order valence-corrected chi connectivity index (χ4v) is 2.57. The topological polar surface area (TPSA) is 61.4 Å². The maximum Gasteiger partial charge on any atom is 0.245 e. The molecular weight excluding hydrogens is 218 g/mol. The summed E-state index contributed by atoms with van der Waals surface area (Å²) >= 11 is 0. The number of hydrogen-bond donors (Lipinski definition) is 2. The van der Waals surface area contributed by atoms with Crippen molar-refractivity contribution in [2.45, 2.75) is 44.7 Å². The van der Waals surface area contributed by atoms with Crippen molar-refractivity contribution in [2.24, 2.45) is 0 Å². The zero-order chi connectivity index (χ0) is 12.3. The van der Waals surface area contributed by atoms with Gasteiger partial charge in [-0.05, 0) is 32.7 Å². The summed E-state index contributed by atoms with van der Waals surface area (Å²) in [5.74, 6) is 0.0745. The summed E-state index contributed by atoms with van der Waals surface area (Å²) in [6.07, 6.45) is 3.46. The van der Waals surface area contributed by atoms with E-state index < -0.39 is 0 Å². The number of nitrogens with one attached hydrogen (secondary N) is 2. The summed E-state index contributed by atoms with van der Waals surface area (Å²) in [6.45, 7) is 4.52. The molecule has 1 unspecified atom stereocenters. The highest BCUT2D eigenvalue weighted by Gasteiger charge is 2.31. The van der Waals surface area contributed by atoms with Gasteiger partial charge >= 0.3 is 0 Å². The molecule has 2 aliphatic heterocycles. The number of likely N-dealkylation sites (N-methyl/N-ethyl adjacent to an activating group) is 1. The SMILES string of the molecule is CCN(CC1CCCN1)C(=O)[C@H]1CCC(=O)N1. The Morgan fingerprint density at radius 1 is 1.47 bits per heavy atom. The summed E-state index contributed by atoms with van der Waals surface area (Å²) in [4.78, 5) is 25.2. The van der Waals surface area contributed by atoms with Crippen molar-refractivity contribution in [2.75, 3.05) is 19.6 Å². The van der Waals surface area contributed by atoms with E-state index in [1.165, 1.54) is 6.42 Å². The first-order chi connectivity index (χ1) is 8.20. The van der Waals surface area contributed by atoms with Gasteiger partial charge in [0.2, 0.25) is 11.8 Å². The number of hydrogen-bond acceptors (Lipinski definition) is 3. The van der Waals surface area contributed by atoms with E-state index in [1.54, 1.807) is 0 Å². The fraction of sp³-hybridized carbons (Fsp3) is 0.833. The minimum Gasteiger partial charge on any atom is -0.344 e. The van der Waals surface area contributed by atoms with Crippen molar-refractivity contribution in [3.63, 3.8) is 0 Å². The van der Waals surface area contributed by atoms with Crippen LogP contribution < -0.4 is 10.6 Å². The minimum atomic E-state index is -0.288. The molecule has 0 aromatic rings. The molecule has 0 aliphatic carbocycles. The van der Waals surface area contributed by atoms with Crippen LogP contribution in [0.1, 0.15) is 32.6 Å². The molecule has 2 amide bonds. The van der Waals surface area contributed by atoms with Crippen molar-refractivity contribution in [1.29, 1.82) is 0 Å². The highest BCUT2D eigenvalue weighted by atomic mass is 16.2. The lowest BCUT2D eigenvalue weighted by Gasteiger charge is -2.27. The van der Waals surface area contributed by atoms with E-state index in [4.69, 9.17) is 0 Å². The first kappa shape index (κ1) is 12.4. The third-order valence-electron chi connectivity index (χ3n) is 3.59. The van der Waals surface area contributed by atoms with Crippen molar-refractivity contribution < 1.29 is 9.59 Å². The van der Waals surface area contributed by atoms with Crippen LogP contribution in [0.25, 0.3) is 0 Å². The van der Waals surface area contributed by atoms with Crippen LogP contribution in [0.3, 0.4) is 0 Å². The lowest BCUT2D eigenvalue weighted by molar-refractivity contribution is -0.134. The standard InChI is InChI=1S/C12H21N3O2/c1-2-15(8-9-4-3-7-13-9)12(17)10-5-6-11(16)14-10/h9-10,13H,2-8H2,1H3,(H,14,16)/t9?,10-/m1/s1. The first-order valence-electron chi connectivity index (χ1n) is 6.52. The van der Waals surface area contributed by atoms with Crippen LogP contribution >= 0.6 is 0 Å². The highest BCUT2D eigenvalue weighted by Crippen LogP contribution is 2.12. The summed E-state index contributed by atoms with van der Waals surface area (Å²) in [7, 11) is 0. The van der Waals surface area contributed by atoms with Gasteiger partial charge in [0.1, 0.15) is 6.04 Å². The van der Waals surface area contributed by atoms with E-state index in [1.807, 2.05) is 11.8 Å². The van der Waals surface area contributed by atoms with Crippen LogP contribution in [0.5, 0.6) is 0 Å². The van der Waals surface area contributed by atoms with Crippen molar-refractivity contribution in [3.8, 4) is 0 Å². The molecule has 0 radical (unpaired) electrons. The van der Waals surface area contributed by atoms with E-state index in [-0.39, 0.29) is 17.9 Å². The first-order valence-corrected chi connectivity index (χ1v) is 6.52. The third-order valence-corrected chi connectivity index (χ3v) is 3.59. The zero-order valence-corrected chi connectivity index (χ0v) is 10.4. The van der Waals surface area contributed by atoms with Gasteiger partial charge in [0.05, 0.1) is 0 Å². The molecule has 17 heavy (non-hydrogen) atoms. The molecule has 96 valence electrons. The summed E-state index contributed by atoms with van der Waals surface area (Å²) in [6, 6.07) is 0.139. The number of rotatable bonds is 4. The Labute approximate surface area is 102 Å². The second-order valence-electron chi connectivity index (χ2n) is 4.83. The Hall–Kier alpha value is -1.10. The van der Waals surface area contributed by atoms with Crippen LogP contribution in [-0.2, 0) is 9.59 Å². The molecule has 2 aliphatic rings. The van der Waals surface area contributed by atoms with Crippen molar-refractivity contribution in [1.82, 2.24) is 15.5 Å². The second-order valence-corrected chi connectivity index (χ2v) is 4.83. The maximum absolute atomic E-state index is 12.2. The second kappa shape index (κ2) is 5.49. The number of carbonyl (C=O) groups excluding carboxylic acids is 2. The quantitative estimate of drug-likeness (QED) is 0.718. The third kappa shape index (κ3) is 2.97. The smallest absolute Gasteiger partial charge is 0.245 e. The fourth-order valence-electron chi connectivity index (χ4n) is 2.57. The zero-order valence-electron chi connectivity index (χ0n) is 10.4. The van der Waals surface area contributed by atoms with Gasteiger partial charge in [0.25, 0.3) is 0 Å². The molecule has 5 nitrogen and oxygen atoms in total. The summed E-state index contributed by atoms with van der Waals surface area (Å²) < 4.78 is 0. The Bertz CT molecular complexity index is 300. The molecule has 0 aromatic heterocycles. The van der Waals surface area contributed by atoms with Gasteiger partial charge in [-0.2, -0.15) is 0 Å². The molecule has 5 heteroatoms. The predicted molar refractivity (Wildman–Crippen MR) is 64.4 cm³/mol. The van der Waals surface area contributed by atoms with Gasteiger partial charge in [-0.3, -0.25) is 9.59 Å². The monoisotopic (exact) mass is 239 g/mol. The molecule has 0 saturated carbocycles. The highest BCUT2D eigenvalue weighted by molar-refractivity contribution is 5.90. The number of amides is 2. The van der Waals surface area contributed by atoms with Gasteiger partial charge < -0.3 is 15.5 Å². The Kier molecular flexibility index (Phi) is 3.99. The van der Waals surface area contributed by atoms with E-state index >= 15 is 0 Å². The summed E-state index contributed by atoms with van der Waals surface area (Å²) in [5.41, 5.74) is 0.